The van der Waals surface area contributed by atoms with E-state index in [0.717, 1.165) is 81.8 Å². The molecule has 1 aromatic heterocycles. The highest BCUT2D eigenvalue weighted by Gasteiger charge is 2.09. The van der Waals surface area contributed by atoms with Gasteiger partial charge < -0.3 is 19.9 Å². The SMILES string of the molecule is Clc1cc2[nH]cc(CCCNSc3ccc(OCCCN4CCNCC4)cc3)c2cc1Cl. The quantitative estimate of drug-likeness (QED) is 0.248. The molecule has 0 unspecified atom stereocenters. The van der Waals surface area contributed by atoms with E-state index in [4.69, 9.17) is 27.9 Å². The third-order valence-electron chi connectivity index (χ3n) is 5.64. The molecule has 1 aliphatic heterocycles. The molecule has 0 radical (unpaired) electrons. The first kappa shape index (κ1) is 23.7. The fraction of sp³-hybridized carbons (Fsp3) is 0.417. The maximum absolute atomic E-state index is 6.17. The topological polar surface area (TPSA) is 52.3 Å². The molecule has 1 saturated heterocycles. The minimum Gasteiger partial charge on any atom is -0.494 e. The van der Waals surface area contributed by atoms with Crippen LogP contribution >= 0.6 is 35.1 Å². The van der Waals surface area contributed by atoms with Crippen molar-refractivity contribution in [2.45, 2.75) is 24.2 Å². The minimum atomic E-state index is 0.581. The molecule has 0 spiro atoms. The number of aromatic nitrogens is 1. The Morgan fingerprint density at radius 1 is 1.03 bits per heavy atom. The highest BCUT2D eigenvalue weighted by atomic mass is 35.5. The Hall–Kier alpha value is -1.41. The van der Waals surface area contributed by atoms with Crippen LogP contribution in [0.2, 0.25) is 10.0 Å². The molecular formula is C24H30Cl2N4OS. The second kappa shape index (κ2) is 12.2. The Labute approximate surface area is 204 Å². The third-order valence-corrected chi connectivity index (χ3v) is 7.22. The Morgan fingerprint density at radius 3 is 2.62 bits per heavy atom. The monoisotopic (exact) mass is 492 g/mol. The van der Waals surface area contributed by atoms with Gasteiger partial charge in [-0.15, -0.1) is 0 Å². The summed E-state index contributed by atoms with van der Waals surface area (Å²) >= 11 is 13.9. The van der Waals surface area contributed by atoms with Gasteiger partial charge in [0.25, 0.3) is 0 Å². The number of H-pyrrole nitrogens is 1. The number of fused-ring (bicyclic) bond motifs is 1. The van der Waals surface area contributed by atoms with Crippen LogP contribution in [0, 0.1) is 0 Å². The molecule has 1 aliphatic rings. The smallest absolute Gasteiger partial charge is 0.119 e. The van der Waals surface area contributed by atoms with Crippen LogP contribution in [0.5, 0.6) is 5.75 Å². The Morgan fingerprint density at radius 2 is 1.81 bits per heavy atom. The lowest BCUT2D eigenvalue weighted by Crippen LogP contribution is -2.43. The summed E-state index contributed by atoms with van der Waals surface area (Å²) in [4.78, 5) is 6.96. The molecule has 172 valence electrons. The standard InChI is InChI=1S/C24H30Cl2N4OS/c25-22-15-21-18(17-28-24(21)16-23(22)26)3-1-8-29-32-20-6-4-19(5-7-20)31-14-2-11-30-12-9-27-10-13-30/h4-7,15-17,27-29H,1-3,8-14H2. The van der Waals surface area contributed by atoms with Crippen LogP contribution in [0.1, 0.15) is 18.4 Å². The summed E-state index contributed by atoms with van der Waals surface area (Å²) in [6.45, 7) is 7.28. The van der Waals surface area contributed by atoms with Crippen molar-refractivity contribution in [1.82, 2.24) is 19.9 Å². The van der Waals surface area contributed by atoms with Crippen LogP contribution in [-0.2, 0) is 6.42 Å². The Kier molecular flexibility index (Phi) is 9.02. The van der Waals surface area contributed by atoms with E-state index in [-0.39, 0.29) is 0 Å². The van der Waals surface area contributed by atoms with Gasteiger partial charge in [0, 0.05) is 61.3 Å². The summed E-state index contributed by atoms with van der Waals surface area (Å²) in [5.74, 6) is 0.938. The average Bonchev–Trinajstić information content (AvgIpc) is 3.20. The van der Waals surface area contributed by atoms with Crippen molar-refractivity contribution in [2.24, 2.45) is 0 Å². The van der Waals surface area contributed by atoms with Crippen LogP contribution in [0.15, 0.2) is 47.5 Å². The van der Waals surface area contributed by atoms with Crippen molar-refractivity contribution in [1.29, 1.82) is 0 Å². The molecule has 0 amide bonds. The second-order valence-corrected chi connectivity index (χ2v) is 9.77. The maximum Gasteiger partial charge on any atom is 0.119 e. The van der Waals surface area contributed by atoms with Gasteiger partial charge in [0.05, 0.1) is 16.7 Å². The molecule has 0 bridgehead atoms. The number of aromatic amines is 1. The number of hydrogen-bond acceptors (Lipinski definition) is 5. The lowest BCUT2D eigenvalue weighted by atomic mass is 10.1. The fourth-order valence-corrected chi connectivity index (χ4v) is 4.90. The summed E-state index contributed by atoms with van der Waals surface area (Å²) < 4.78 is 9.34. The zero-order chi connectivity index (χ0) is 22.2. The summed E-state index contributed by atoms with van der Waals surface area (Å²) in [6, 6.07) is 12.1. The highest BCUT2D eigenvalue weighted by Crippen LogP contribution is 2.30. The number of halogens is 2. The van der Waals surface area contributed by atoms with Crippen molar-refractivity contribution in [3.63, 3.8) is 0 Å². The summed E-state index contributed by atoms with van der Waals surface area (Å²) in [6.07, 6.45) is 5.13. The van der Waals surface area contributed by atoms with Crippen LogP contribution in [0.3, 0.4) is 0 Å². The van der Waals surface area contributed by atoms with Gasteiger partial charge in [-0.1, -0.05) is 23.2 Å². The van der Waals surface area contributed by atoms with Crippen molar-refractivity contribution in [3.05, 3.63) is 58.2 Å². The number of ether oxygens (including phenoxy) is 1. The van der Waals surface area contributed by atoms with E-state index in [1.807, 2.05) is 18.3 Å². The van der Waals surface area contributed by atoms with Gasteiger partial charge in [0.2, 0.25) is 0 Å². The van der Waals surface area contributed by atoms with Crippen LogP contribution < -0.4 is 14.8 Å². The van der Waals surface area contributed by atoms with Gasteiger partial charge in [0.1, 0.15) is 5.75 Å². The second-order valence-electron chi connectivity index (χ2n) is 7.99. The van der Waals surface area contributed by atoms with Crippen LogP contribution in [0.25, 0.3) is 10.9 Å². The largest absolute Gasteiger partial charge is 0.494 e. The summed E-state index contributed by atoms with van der Waals surface area (Å²) in [5, 5.41) is 5.71. The third kappa shape index (κ3) is 6.80. The maximum atomic E-state index is 6.17. The number of hydrogen-bond donors (Lipinski definition) is 3. The molecule has 2 aromatic carbocycles. The summed E-state index contributed by atoms with van der Waals surface area (Å²) in [5.41, 5.74) is 2.30. The molecule has 8 heteroatoms. The number of nitrogens with zero attached hydrogens (tertiary/aromatic N) is 1. The molecule has 0 atom stereocenters. The lowest BCUT2D eigenvalue weighted by molar-refractivity contribution is 0.214. The van der Waals surface area contributed by atoms with E-state index in [1.165, 1.54) is 10.5 Å². The van der Waals surface area contributed by atoms with Gasteiger partial charge in [-0.3, -0.25) is 4.72 Å². The molecule has 5 nitrogen and oxygen atoms in total. The molecular weight excluding hydrogens is 463 g/mol. The molecule has 3 N–H and O–H groups in total. The van der Waals surface area contributed by atoms with Crippen LogP contribution in [0.4, 0.5) is 0 Å². The highest BCUT2D eigenvalue weighted by molar-refractivity contribution is 7.97. The van der Waals surface area contributed by atoms with E-state index in [9.17, 15) is 0 Å². The molecule has 3 aromatic rings. The van der Waals surface area contributed by atoms with Gasteiger partial charge in [-0.2, -0.15) is 0 Å². The number of aryl methyl sites for hydroxylation is 1. The molecule has 2 heterocycles. The first-order valence-corrected chi connectivity index (χ1v) is 12.8. The lowest BCUT2D eigenvalue weighted by Gasteiger charge is -2.26. The Bertz CT molecular complexity index is 990. The molecule has 1 fully saturated rings. The number of benzene rings is 2. The molecule has 0 saturated carbocycles. The number of nitrogens with one attached hydrogen (secondary N) is 3. The first-order valence-electron chi connectivity index (χ1n) is 11.2. The van der Waals surface area contributed by atoms with Crippen molar-refractivity contribution in [3.8, 4) is 5.75 Å². The molecule has 4 rings (SSSR count). The van der Waals surface area contributed by atoms with Gasteiger partial charge >= 0.3 is 0 Å². The van der Waals surface area contributed by atoms with Crippen molar-refractivity contribution in [2.75, 3.05) is 45.9 Å². The van der Waals surface area contributed by atoms with Gasteiger partial charge in [-0.05, 0) is 73.2 Å². The van der Waals surface area contributed by atoms with E-state index in [1.54, 1.807) is 11.9 Å². The van der Waals surface area contributed by atoms with E-state index < -0.39 is 0 Å². The Balaban J connectivity index is 1.12. The first-order chi connectivity index (χ1) is 15.7. The minimum absolute atomic E-state index is 0.581. The number of rotatable bonds is 11. The predicted molar refractivity (Wildman–Crippen MR) is 136 cm³/mol. The van der Waals surface area contributed by atoms with Gasteiger partial charge in [0.15, 0.2) is 0 Å². The normalized spacial score (nSPS) is 14.8. The predicted octanol–water partition coefficient (Wildman–Crippen LogP) is 5.38. The average molecular weight is 494 g/mol. The van der Waals surface area contributed by atoms with Gasteiger partial charge in [-0.25, -0.2) is 0 Å². The fourth-order valence-electron chi connectivity index (χ4n) is 3.88. The zero-order valence-corrected chi connectivity index (χ0v) is 20.5. The summed E-state index contributed by atoms with van der Waals surface area (Å²) in [7, 11) is 0. The van der Waals surface area contributed by atoms with E-state index in [2.05, 4.69) is 44.2 Å². The van der Waals surface area contributed by atoms with Crippen molar-refractivity contribution >= 4 is 46.1 Å². The molecule has 0 aliphatic carbocycles. The number of piperazine rings is 1. The molecule has 32 heavy (non-hydrogen) atoms. The van der Waals surface area contributed by atoms with Crippen molar-refractivity contribution < 1.29 is 4.74 Å². The zero-order valence-electron chi connectivity index (χ0n) is 18.1. The van der Waals surface area contributed by atoms with E-state index in [0.29, 0.717) is 10.0 Å². The van der Waals surface area contributed by atoms with Crippen LogP contribution in [-0.4, -0.2) is 55.8 Å². The van der Waals surface area contributed by atoms with E-state index >= 15 is 0 Å².